The van der Waals surface area contributed by atoms with Crippen molar-refractivity contribution < 1.29 is 54.6 Å². The van der Waals surface area contributed by atoms with Crippen LogP contribution in [0.4, 0.5) is 40.8 Å². The summed E-state index contributed by atoms with van der Waals surface area (Å²) in [6.45, 7) is 2.63. The normalized spacial score (nSPS) is 14.5. The van der Waals surface area contributed by atoms with Gasteiger partial charge in [-0.1, -0.05) is 19.1 Å². The van der Waals surface area contributed by atoms with Crippen molar-refractivity contribution >= 4 is 17.6 Å². The number of aliphatic carboxylic acids is 1. The third kappa shape index (κ3) is 7.36. The van der Waals surface area contributed by atoms with Gasteiger partial charge in [0.05, 0.1) is 17.7 Å². The van der Waals surface area contributed by atoms with Crippen molar-refractivity contribution in [2.45, 2.75) is 64.0 Å². The number of halogens is 8. The van der Waals surface area contributed by atoms with Gasteiger partial charge >= 0.3 is 18.3 Å². The molecule has 254 valence electrons. The van der Waals surface area contributed by atoms with E-state index >= 15 is 0 Å². The van der Waals surface area contributed by atoms with Crippen LogP contribution in [0, 0.1) is 18.6 Å². The molecule has 4 rings (SSSR count). The topological polar surface area (TPSA) is 110 Å². The largest absolute Gasteiger partial charge is 0.493 e. The fourth-order valence-corrected chi connectivity index (χ4v) is 5.36. The Kier molecular flexibility index (Phi) is 9.92. The quantitative estimate of drug-likeness (QED) is 0.235. The van der Waals surface area contributed by atoms with Crippen LogP contribution in [0.1, 0.15) is 52.5 Å². The van der Waals surface area contributed by atoms with Gasteiger partial charge in [-0.3, -0.25) is 9.59 Å². The van der Waals surface area contributed by atoms with Crippen LogP contribution in [0.15, 0.2) is 35.1 Å². The molecule has 2 atom stereocenters. The molecule has 0 radical (unpaired) electrons. The predicted molar refractivity (Wildman–Crippen MR) is 153 cm³/mol. The maximum absolute atomic E-state index is 14.8. The first kappa shape index (κ1) is 35.2. The van der Waals surface area contributed by atoms with Crippen LogP contribution in [0.5, 0.6) is 5.75 Å². The molecule has 47 heavy (non-hydrogen) atoms. The Morgan fingerprint density at radius 1 is 1.06 bits per heavy atom. The van der Waals surface area contributed by atoms with Crippen LogP contribution in [-0.4, -0.2) is 46.4 Å². The molecule has 0 bridgehead atoms. The first-order valence-electron chi connectivity index (χ1n) is 14.3. The van der Waals surface area contributed by atoms with Gasteiger partial charge < -0.3 is 25.0 Å². The summed E-state index contributed by atoms with van der Waals surface area (Å²) in [6, 6.07) is 0.290. The van der Waals surface area contributed by atoms with Gasteiger partial charge in [0.1, 0.15) is 35.0 Å². The van der Waals surface area contributed by atoms with Gasteiger partial charge in [0.25, 0.3) is 11.5 Å². The van der Waals surface area contributed by atoms with Crippen LogP contribution in [0.2, 0.25) is 0 Å². The Labute approximate surface area is 262 Å². The fraction of sp³-hybridized carbons (Fsp3) is 0.387. The van der Waals surface area contributed by atoms with Gasteiger partial charge in [-0.05, 0) is 55.5 Å². The number of alkyl halides is 6. The van der Waals surface area contributed by atoms with Gasteiger partial charge in [-0.25, -0.2) is 13.6 Å². The van der Waals surface area contributed by atoms with Crippen LogP contribution in [-0.2, 0) is 30.9 Å². The maximum atomic E-state index is 14.8. The molecule has 3 aromatic rings. The van der Waals surface area contributed by atoms with E-state index in [0.717, 1.165) is 10.6 Å². The fourth-order valence-electron chi connectivity index (χ4n) is 5.36. The number of carbonyl (C=O) groups excluding carboxylic acids is 1. The minimum Gasteiger partial charge on any atom is -0.493 e. The number of anilines is 1. The van der Waals surface area contributed by atoms with Gasteiger partial charge in [0.15, 0.2) is 0 Å². The number of benzene rings is 2. The van der Waals surface area contributed by atoms with E-state index < -0.39 is 88.7 Å². The highest BCUT2D eigenvalue weighted by Crippen LogP contribution is 2.43. The molecule has 8 nitrogen and oxygen atoms in total. The van der Waals surface area contributed by atoms with E-state index in [1.54, 1.807) is 0 Å². The Morgan fingerprint density at radius 2 is 1.70 bits per heavy atom. The summed E-state index contributed by atoms with van der Waals surface area (Å²) in [5, 5.41) is 13.8. The Hall–Kier alpha value is -4.63. The number of ether oxygens (including phenoxy) is 1. The molecule has 0 fully saturated rings. The van der Waals surface area contributed by atoms with Crippen LogP contribution in [0.25, 0.3) is 11.1 Å². The van der Waals surface area contributed by atoms with E-state index in [1.165, 1.54) is 33.0 Å². The van der Waals surface area contributed by atoms with E-state index in [9.17, 15) is 54.6 Å². The second-order valence-corrected chi connectivity index (χ2v) is 11.0. The summed E-state index contributed by atoms with van der Waals surface area (Å²) in [6.07, 6.45) is -10.0. The third-order valence-corrected chi connectivity index (χ3v) is 7.86. The van der Waals surface area contributed by atoms with Gasteiger partial charge in [0, 0.05) is 30.4 Å². The third-order valence-electron chi connectivity index (χ3n) is 7.86. The Balaban J connectivity index is 1.68. The lowest BCUT2D eigenvalue weighted by Crippen LogP contribution is -2.43. The second-order valence-electron chi connectivity index (χ2n) is 11.0. The first-order valence-corrected chi connectivity index (χ1v) is 14.3. The number of carbonyl (C=O) groups is 2. The number of amides is 1. The van der Waals surface area contributed by atoms with Crippen molar-refractivity contribution in [2.75, 3.05) is 11.9 Å². The molecule has 3 N–H and O–H groups in total. The molecule has 16 heteroatoms. The number of fused-ring (bicyclic) bond motifs is 1. The lowest BCUT2D eigenvalue weighted by atomic mass is 9.89. The molecule has 1 amide bonds. The summed E-state index contributed by atoms with van der Waals surface area (Å²) in [5.74, 6) is -6.32. The number of rotatable bonds is 9. The SMILES string of the molecule is CCC(Nc1cc(F)c(C(=O)NC(Cc2ccc(-c3c(C(F)(F)F)cc(C)n(C)c3=O)c3c2CCCO3)C(=O)O)c(F)c1)C(F)(F)F. The predicted octanol–water partition coefficient (Wildman–Crippen LogP) is 6.16. The van der Waals surface area contributed by atoms with E-state index in [0.29, 0.717) is 18.6 Å². The van der Waals surface area contributed by atoms with Crippen LogP contribution < -0.4 is 20.9 Å². The molecular formula is C31H29F8N3O5. The molecule has 1 aromatic heterocycles. The van der Waals surface area contributed by atoms with Crippen molar-refractivity contribution in [1.29, 1.82) is 0 Å². The summed E-state index contributed by atoms with van der Waals surface area (Å²) < 4.78 is 118. The molecule has 1 aliphatic heterocycles. The molecule has 0 aliphatic carbocycles. The zero-order valence-corrected chi connectivity index (χ0v) is 25.1. The molecular weight excluding hydrogens is 646 g/mol. The Morgan fingerprint density at radius 3 is 2.26 bits per heavy atom. The number of carboxylic acids is 1. The lowest BCUT2D eigenvalue weighted by Gasteiger charge is -2.26. The molecule has 0 saturated carbocycles. The Bertz CT molecular complexity index is 1740. The maximum Gasteiger partial charge on any atom is 0.417 e. The highest BCUT2D eigenvalue weighted by Gasteiger charge is 2.39. The lowest BCUT2D eigenvalue weighted by molar-refractivity contribution is -0.143. The summed E-state index contributed by atoms with van der Waals surface area (Å²) in [5.41, 5.74) is -4.24. The zero-order chi connectivity index (χ0) is 35.0. The number of hydrogen-bond acceptors (Lipinski definition) is 5. The van der Waals surface area contributed by atoms with Crippen molar-refractivity contribution in [3.8, 4) is 16.9 Å². The first-order chi connectivity index (χ1) is 21.8. The molecule has 0 saturated heterocycles. The molecule has 1 aliphatic rings. The minimum atomic E-state index is -4.90. The summed E-state index contributed by atoms with van der Waals surface area (Å²) in [4.78, 5) is 38.1. The minimum absolute atomic E-state index is 0.0581. The van der Waals surface area contributed by atoms with Crippen molar-refractivity contribution in [1.82, 2.24) is 9.88 Å². The molecule has 0 spiro atoms. The molecule has 2 aromatic carbocycles. The average Bonchev–Trinajstić information content (AvgIpc) is 2.97. The number of carboxylic acid groups (broad SMARTS) is 1. The number of nitrogens with zero attached hydrogens (tertiary/aromatic N) is 1. The van der Waals surface area contributed by atoms with Gasteiger partial charge in [0.2, 0.25) is 0 Å². The van der Waals surface area contributed by atoms with Crippen LogP contribution in [0.3, 0.4) is 0 Å². The second kappa shape index (κ2) is 13.2. The highest BCUT2D eigenvalue weighted by atomic mass is 19.4. The van der Waals surface area contributed by atoms with E-state index in [2.05, 4.69) is 0 Å². The zero-order valence-electron chi connectivity index (χ0n) is 25.1. The summed E-state index contributed by atoms with van der Waals surface area (Å²) >= 11 is 0. The van der Waals surface area contributed by atoms with E-state index in [-0.39, 0.29) is 41.2 Å². The number of aryl methyl sites for hydroxylation is 1. The van der Waals surface area contributed by atoms with Gasteiger partial charge in [-0.15, -0.1) is 0 Å². The molecule has 2 heterocycles. The number of nitrogens with one attached hydrogen (secondary N) is 2. The van der Waals surface area contributed by atoms with Crippen LogP contribution >= 0.6 is 0 Å². The number of pyridine rings is 1. The average molecular weight is 676 g/mol. The van der Waals surface area contributed by atoms with Crippen molar-refractivity contribution in [3.63, 3.8) is 0 Å². The standard InChI is InChI=1S/C31H29F8N3O5/c1-4-23(31(37,38)39)40-16-12-20(32)25(21(33)13-16)27(43)41-22(29(45)46)11-15-7-8-18(26-17(15)6-5-9-47-26)24-19(30(34,35)36)10-14(2)42(3)28(24)44/h7-8,10,12-13,22-23,40H,4-6,9,11H2,1-3H3,(H,41,43)(H,45,46). The van der Waals surface area contributed by atoms with Crippen molar-refractivity contribution in [3.05, 3.63) is 80.3 Å². The van der Waals surface area contributed by atoms with E-state index in [1.807, 2.05) is 10.6 Å². The monoisotopic (exact) mass is 675 g/mol. The van der Waals surface area contributed by atoms with E-state index in [4.69, 9.17) is 4.74 Å². The summed E-state index contributed by atoms with van der Waals surface area (Å²) in [7, 11) is 1.31. The molecule has 2 unspecified atom stereocenters. The number of hydrogen-bond donors (Lipinski definition) is 3. The van der Waals surface area contributed by atoms with Gasteiger partial charge in [-0.2, -0.15) is 26.3 Å². The highest BCUT2D eigenvalue weighted by molar-refractivity contribution is 5.97. The smallest absolute Gasteiger partial charge is 0.417 e. The number of aromatic nitrogens is 1. The van der Waals surface area contributed by atoms with Crippen molar-refractivity contribution in [2.24, 2.45) is 7.05 Å².